The number of benzene rings is 1. The van der Waals surface area contributed by atoms with Crippen LogP contribution in [0.5, 0.6) is 0 Å². The molecule has 3 heterocycles. The summed E-state index contributed by atoms with van der Waals surface area (Å²) in [6.45, 7) is 5.84. The van der Waals surface area contributed by atoms with Crippen LogP contribution in [0.25, 0.3) is 11.3 Å². The fourth-order valence-electron chi connectivity index (χ4n) is 4.64. The van der Waals surface area contributed by atoms with E-state index in [-0.39, 0.29) is 23.2 Å². The van der Waals surface area contributed by atoms with Crippen molar-refractivity contribution in [3.8, 4) is 17.3 Å². The van der Waals surface area contributed by atoms with Gasteiger partial charge in [-0.1, -0.05) is 18.7 Å². The van der Waals surface area contributed by atoms with E-state index < -0.39 is 17.6 Å². The summed E-state index contributed by atoms with van der Waals surface area (Å²) < 4.78 is 1.15. The van der Waals surface area contributed by atoms with Gasteiger partial charge < -0.3 is 27.1 Å². The lowest BCUT2D eigenvalue weighted by atomic mass is 10.0. The maximum Gasteiger partial charge on any atom is 0.269 e. The van der Waals surface area contributed by atoms with E-state index in [2.05, 4.69) is 28.3 Å². The molecule has 1 saturated heterocycles. The molecule has 2 atom stereocenters. The third-order valence-electron chi connectivity index (χ3n) is 6.44. The summed E-state index contributed by atoms with van der Waals surface area (Å²) in [4.78, 5) is 43.9. The van der Waals surface area contributed by atoms with Crippen LogP contribution in [0.1, 0.15) is 58.9 Å². The molecule has 1 unspecified atom stereocenters. The van der Waals surface area contributed by atoms with Crippen molar-refractivity contribution in [1.82, 2.24) is 25.2 Å². The van der Waals surface area contributed by atoms with Gasteiger partial charge in [-0.05, 0) is 62.7 Å². The van der Waals surface area contributed by atoms with Crippen LogP contribution in [0.15, 0.2) is 60.8 Å². The monoisotopic (exact) mass is 500 g/mol. The fourth-order valence-corrected chi connectivity index (χ4v) is 4.64. The highest BCUT2D eigenvalue weighted by Crippen LogP contribution is 2.33. The Labute approximate surface area is 214 Å². The van der Waals surface area contributed by atoms with Crippen molar-refractivity contribution in [2.24, 2.45) is 5.73 Å². The topological polar surface area (TPSA) is 172 Å². The predicted octanol–water partition coefficient (Wildman–Crippen LogP) is 1.62. The second kappa shape index (κ2) is 10.0. The van der Waals surface area contributed by atoms with E-state index in [1.165, 1.54) is 6.08 Å². The van der Waals surface area contributed by atoms with Gasteiger partial charge in [0.25, 0.3) is 11.8 Å². The Hall–Kier alpha value is -4.85. The number of likely N-dealkylation sites (tertiary alicyclic amines) is 1. The van der Waals surface area contributed by atoms with Gasteiger partial charge in [-0.3, -0.25) is 14.4 Å². The number of allylic oxidation sites excluding steroid dienone is 2. The number of nitrogen functional groups attached to an aromatic ring is 1. The van der Waals surface area contributed by atoms with Crippen LogP contribution >= 0.6 is 0 Å². The maximum absolute atomic E-state index is 12.9. The number of aromatic nitrogens is 2. The Morgan fingerprint density at radius 1 is 1.30 bits per heavy atom. The van der Waals surface area contributed by atoms with Crippen molar-refractivity contribution in [2.75, 3.05) is 12.4 Å². The molecular formula is C26H28N8O3. The van der Waals surface area contributed by atoms with Gasteiger partial charge in [0.05, 0.1) is 17.7 Å². The predicted molar refractivity (Wildman–Crippen MR) is 137 cm³/mol. The SMILES string of the molecule is C=CC(=O)N1CCCC[C@H]1c1nc(-c2ccc(C(=O)NC3(C)C=C(C#N)C=CN3)cc2)c(C(N)=O)n1N. The minimum absolute atomic E-state index is 0.00338. The number of dihydropyridines is 1. The number of piperidine rings is 1. The van der Waals surface area contributed by atoms with Crippen molar-refractivity contribution in [2.45, 2.75) is 37.9 Å². The maximum atomic E-state index is 12.9. The van der Waals surface area contributed by atoms with Crippen LogP contribution < -0.4 is 22.2 Å². The molecule has 190 valence electrons. The van der Waals surface area contributed by atoms with Gasteiger partial charge in [0.15, 0.2) is 11.5 Å². The number of hydrogen-bond acceptors (Lipinski definition) is 7. The van der Waals surface area contributed by atoms with Gasteiger partial charge in [-0.2, -0.15) is 5.26 Å². The average molecular weight is 501 g/mol. The third-order valence-corrected chi connectivity index (χ3v) is 6.44. The number of nitrogens with zero attached hydrogens (tertiary/aromatic N) is 4. The first-order chi connectivity index (χ1) is 17.7. The highest BCUT2D eigenvalue weighted by molar-refractivity contribution is 5.99. The molecule has 0 bridgehead atoms. The Bertz CT molecular complexity index is 1370. The van der Waals surface area contributed by atoms with Crippen LogP contribution in [-0.4, -0.2) is 44.5 Å². The number of nitrogens with two attached hydrogens (primary N) is 2. The Kier molecular flexibility index (Phi) is 6.84. The zero-order chi connectivity index (χ0) is 26.7. The first kappa shape index (κ1) is 25.2. The summed E-state index contributed by atoms with van der Waals surface area (Å²) in [5.41, 5.74) is 6.31. The molecule has 1 aromatic carbocycles. The third kappa shape index (κ3) is 4.95. The minimum atomic E-state index is -0.934. The normalized spacial score (nSPS) is 20.8. The summed E-state index contributed by atoms with van der Waals surface area (Å²) in [5.74, 6) is 5.26. The molecule has 2 aromatic rings. The van der Waals surface area contributed by atoms with E-state index in [1.54, 1.807) is 54.4 Å². The standard InChI is InChI=1S/C26H28N8O3/c1-3-20(35)33-13-5-4-6-19(33)24-31-21(22(23(28)36)34(24)29)17-7-9-18(10-8-17)25(37)32-26(2)14-16(15-27)11-12-30-26/h3,7-12,14,19,30H,1,4-6,13,29H2,2H3,(H2,28,36)(H,32,37)/t19-,26?/m0/s1. The zero-order valence-electron chi connectivity index (χ0n) is 20.4. The van der Waals surface area contributed by atoms with Gasteiger partial charge >= 0.3 is 0 Å². The average Bonchev–Trinajstić information content (AvgIpc) is 3.25. The summed E-state index contributed by atoms with van der Waals surface area (Å²) >= 11 is 0. The van der Waals surface area contributed by atoms with Gasteiger partial charge in [-0.25, -0.2) is 9.66 Å². The summed E-state index contributed by atoms with van der Waals surface area (Å²) in [7, 11) is 0. The number of hydrogen-bond donors (Lipinski definition) is 4. The van der Waals surface area contributed by atoms with Crippen LogP contribution in [-0.2, 0) is 4.79 Å². The smallest absolute Gasteiger partial charge is 0.269 e. The molecule has 2 aliphatic heterocycles. The first-order valence-electron chi connectivity index (χ1n) is 11.8. The second-order valence-electron chi connectivity index (χ2n) is 9.07. The molecule has 37 heavy (non-hydrogen) atoms. The molecule has 3 amide bonds. The number of imidazole rings is 1. The second-order valence-corrected chi connectivity index (χ2v) is 9.07. The molecule has 0 radical (unpaired) electrons. The number of rotatable bonds is 6. The van der Waals surface area contributed by atoms with Gasteiger partial charge in [-0.15, -0.1) is 0 Å². The molecule has 0 saturated carbocycles. The molecule has 1 aromatic heterocycles. The van der Waals surface area contributed by atoms with Crippen LogP contribution in [0.2, 0.25) is 0 Å². The first-order valence-corrected chi connectivity index (χ1v) is 11.8. The van der Waals surface area contributed by atoms with E-state index in [1.807, 2.05) is 0 Å². The molecule has 2 aliphatic rings. The molecule has 6 N–H and O–H groups in total. The number of carbonyl (C=O) groups is 3. The number of amides is 3. The van der Waals surface area contributed by atoms with E-state index in [9.17, 15) is 14.4 Å². The number of nitriles is 1. The molecule has 0 aliphatic carbocycles. The lowest BCUT2D eigenvalue weighted by Gasteiger charge is -2.34. The van der Waals surface area contributed by atoms with Crippen molar-refractivity contribution >= 4 is 17.7 Å². The van der Waals surface area contributed by atoms with Gasteiger partial charge in [0, 0.05) is 17.7 Å². The lowest BCUT2D eigenvalue weighted by Crippen LogP contribution is -2.54. The molecule has 1 fully saturated rings. The highest BCUT2D eigenvalue weighted by atomic mass is 16.2. The minimum Gasteiger partial charge on any atom is -0.366 e. The summed E-state index contributed by atoms with van der Waals surface area (Å²) in [6.07, 6.45) is 8.44. The molecular weight excluding hydrogens is 472 g/mol. The molecule has 4 rings (SSSR count). The Morgan fingerprint density at radius 3 is 2.68 bits per heavy atom. The zero-order valence-corrected chi connectivity index (χ0v) is 20.4. The summed E-state index contributed by atoms with van der Waals surface area (Å²) in [6, 6.07) is 8.11. The highest BCUT2D eigenvalue weighted by Gasteiger charge is 2.33. The van der Waals surface area contributed by atoms with Crippen molar-refractivity contribution < 1.29 is 14.4 Å². The fraction of sp³-hybridized carbons (Fsp3) is 0.269. The van der Waals surface area contributed by atoms with Gasteiger partial charge in [0.2, 0.25) is 5.91 Å². The number of nitrogens with one attached hydrogen (secondary N) is 2. The van der Waals surface area contributed by atoms with Crippen molar-refractivity contribution in [3.05, 3.63) is 77.9 Å². The largest absolute Gasteiger partial charge is 0.366 e. The van der Waals surface area contributed by atoms with E-state index >= 15 is 0 Å². The Morgan fingerprint density at radius 2 is 2.03 bits per heavy atom. The molecule has 11 nitrogen and oxygen atoms in total. The Balaban J connectivity index is 1.63. The van der Waals surface area contributed by atoms with Crippen LogP contribution in [0.3, 0.4) is 0 Å². The number of primary amides is 1. The van der Waals surface area contributed by atoms with Crippen molar-refractivity contribution in [3.63, 3.8) is 0 Å². The van der Waals surface area contributed by atoms with Crippen LogP contribution in [0, 0.1) is 11.3 Å². The van der Waals surface area contributed by atoms with Crippen LogP contribution in [0.4, 0.5) is 0 Å². The van der Waals surface area contributed by atoms with Crippen molar-refractivity contribution in [1.29, 1.82) is 5.26 Å². The van der Waals surface area contributed by atoms with E-state index in [0.29, 0.717) is 35.5 Å². The van der Waals surface area contributed by atoms with Gasteiger partial charge in [0.1, 0.15) is 11.4 Å². The lowest BCUT2D eigenvalue weighted by molar-refractivity contribution is -0.129. The molecule has 11 heteroatoms. The van der Waals surface area contributed by atoms with E-state index in [4.69, 9.17) is 16.8 Å². The summed E-state index contributed by atoms with van der Waals surface area (Å²) in [5, 5.41) is 15.0. The van der Waals surface area contributed by atoms with E-state index in [0.717, 1.165) is 17.5 Å². The number of carbonyl (C=O) groups excluding carboxylic acids is 3. The molecule has 0 spiro atoms. The quantitative estimate of drug-likeness (QED) is 0.344.